The van der Waals surface area contributed by atoms with Crippen LogP contribution >= 0.6 is 0 Å². The normalized spacial score (nSPS) is 11.0. The van der Waals surface area contributed by atoms with Crippen molar-refractivity contribution in [3.8, 4) is 5.75 Å². The second-order valence-corrected chi connectivity index (χ2v) is 7.68. The fourth-order valence-electron chi connectivity index (χ4n) is 2.19. The lowest BCUT2D eigenvalue weighted by Crippen LogP contribution is -2.25. The molecule has 0 saturated carbocycles. The average molecular weight is 347 g/mol. The quantitative estimate of drug-likeness (QED) is 0.745. The minimum Gasteiger partial charge on any atom is -0.494 e. The van der Waals surface area contributed by atoms with E-state index >= 15 is 0 Å². The second kappa shape index (κ2) is 8.49. The van der Waals surface area contributed by atoms with Crippen molar-refractivity contribution in [3.63, 3.8) is 0 Å². The fourth-order valence-corrected chi connectivity index (χ4v) is 2.97. The summed E-state index contributed by atoms with van der Waals surface area (Å²) < 4.78 is 28.2. The Balaban J connectivity index is 1.77. The molecule has 1 amide bonds. The molecule has 0 heterocycles. The first-order valence-electron chi connectivity index (χ1n) is 7.67. The molecule has 2 aromatic rings. The Labute approximate surface area is 142 Å². The van der Waals surface area contributed by atoms with Gasteiger partial charge in [0.1, 0.15) is 5.75 Å². The molecule has 128 valence electrons. The van der Waals surface area contributed by atoms with Crippen molar-refractivity contribution in [2.75, 3.05) is 19.4 Å². The highest BCUT2D eigenvalue weighted by Crippen LogP contribution is 2.09. The van der Waals surface area contributed by atoms with Crippen LogP contribution in [0.15, 0.2) is 54.6 Å². The Morgan fingerprint density at radius 3 is 2.54 bits per heavy atom. The first-order chi connectivity index (χ1) is 11.4. The van der Waals surface area contributed by atoms with Crippen LogP contribution in [0.2, 0.25) is 0 Å². The molecule has 2 aromatic carbocycles. The fraction of sp³-hybridized carbons (Fsp3) is 0.278. The van der Waals surface area contributed by atoms with Gasteiger partial charge in [0.15, 0.2) is 9.84 Å². The lowest BCUT2D eigenvalue weighted by Gasteiger charge is -2.08. The van der Waals surface area contributed by atoms with E-state index in [-0.39, 0.29) is 11.7 Å². The SMILES string of the molecule is CS(=O)(=O)Cc1cccc(C(=O)NCCCOc2ccccc2)c1. The molecule has 0 aromatic heterocycles. The number of carbonyl (C=O) groups is 1. The lowest BCUT2D eigenvalue weighted by molar-refractivity contribution is 0.0951. The van der Waals surface area contributed by atoms with Gasteiger partial charge in [-0.25, -0.2) is 8.42 Å². The topological polar surface area (TPSA) is 72.5 Å². The van der Waals surface area contributed by atoms with Gasteiger partial charge >= 0.3 is 0 Å². The summed E-state index contributed by atoms with van der Waals surface area (Å²) in [5, 5.41) is 2.81. The Bertz CT molecular complexity index is 773. The molecular weight excluding hydrogens is 326 g/mol. The van der Waals surface area contributed by atoms with Crippen LogP contribution in [-0.4, -0.2) is 33.7 Å². The van der Waals surface area contributed by atoms with Gasteiger partial charge in [-0.1, -0.05) is 30.3 Å². The van der Waals surface area contributed by atoms with E-state index in [0.29, 0.717) is 30.7 Å². The third-order valence-electron chi connectivity index (χ3n) is 3.24. The maximum absolute atomic E-state index is 12.1. The number of benzene rings is 2. The summed E-state index contributed by atoms with van der Waals surface area (Å²) in [5.41, 5.74) is 1.07. The molecule has 0 aliphatic heterocycles. The zero-order valence-corrected chi connectivity index (χ0v) is 14.4. The summed E-state index contributed by atoms with van der Waals surface area (Å²) in [7, 11) is -3.12. The van der Waals surface area contributed by atoms with E-state index in [2.05, 4.69) is 5.32 Å². The van der Waals surface area contributed by atoms with E-state index < -0.39 is 9.84 Å². The highest BCUT2D eigenvalue weighted by atomic mass is 32.2. The number of hydrogen-bond donors (Lipinski definition) is 1. The number of nitrogens with one attached hydrogen (secondary N) is 1. The van der Waals surface area contributed by atoms with Crippen LogP contribution in [0, 0.1) is 0 Å². The predicted molar refractivity (Wildman–Crippen MR) is 93.9 cm³/mol. The minimum absolute atomic E-state index is 0.0704. The summed E-state index contributed by atoms with van der Waals surface area (Å²) in [5.74, 6) is 0.515. The molecule has 6 heteroatoms. The van der Waals surface area contributed by atoms with E-state index in [1.807, 2.05) is 30.3 Å². The van der Waals surface area contributed by atoms with Crippen molar-refractivity contribution in [2.24, 2.45) is 0 Å². The largest absolute Gasteiger partial charge is 0.494 e. The Morgan fingerprint density at radius 1 is 1.08 bits per heavy atom. The molecule has 1 N–H and O–H groups in total. The van der Waals surface area contributed by atoms with E-state index in [9.17, 15) is 13.2 Å². The van der Waals surface area contributed by atoms with Crippen LogP contribution in [0.1, 0.15) is 22.3 Å². The lowest BCUT2D eigenvalue weighted by atomic mass is 10.1. The third-order valence-corrected chi connectivity index (χ3v) is 4.09. The van der Waals surface area contributed by atoms with E-state index in [1.165, 1.54) is 6.26 Å². The van der Waals surface area contributed by atoms with Crippen molar-refractivity contribution in [3.05, 3.63) is 65.7 Å². The number of hydrogen-bond acceptors (Lipinski definition) is 4. The van der Waals surface area contributed by atoms with Gasteiger partial charge in [0.2, 0.25) is 0 Å². The molecule has 0 unspecified atom stereocenters. The summed E-state index contributed by atoms with van der Waals surface area (Å²) >= 11 is 0. The van der Waals surface area contributed by atoms with Gasteiger partial charge in [0.05, 0.1) is 12.4 Å². The van der Waals surface area contributed by atoms with Crippen molar-refractivity contribution in [1.29, 1.82) is 0 Å². The zero-order chi connectivity index (χ0) is 17.4. The molecule has 24 heavy (non-hydrogen) atoms. The van der Waals surface area contributed by atoms with Crippen LogP contribution in [0.5, 0.6) is 5.75 Å². The Hall–Kier alpha value is -2.34. The van der Waals surface area contributed by atoms with Crippen molar-refractivity contribution >= 4 is 15.7 Å². The highest BCUT2D eigenvalue weighted by molar-refractivity contribution is 7.89. The second-order valence-electron chi connectivity index (χ2n) is 5.54. The number of carbonyl (C=O) groups excluding carboxylic acids is 1. The van der Waals surface area contributed by atoms with E-state index in [1.54, 1.807) is 24.3 Å². The molecular formula is C18H21NO4S. The summed E-state index contributed by atoms with van der Waals surface area (Å²) in [6.07, 6.45) is 1.86. The van der Waals surface area contributed by atoms with Crippen molar-refractivity contribution < 1.29 is 17.9 Å². The van der Waals surface area contributed by atoms with Gasteiger partial charge in [-0.2, -0.15) is 0 Å². The van der Waals surface area contributed by atoms with Gasteiger partial charge in [-0.3, -0.25) is 4.79 Å². The molecule has 5 nitrogen and oxygen atoms in total. The number of para-hydroxylation sites is 1. The smallest absolute Gasteiger partial charge is 0.251 e. The average Bonchev–Trinajstić information content (AvgIpc) is 2.54. The first-order valence-corrected chi connectivity index (χ1v) is 9.73. The molecule has 0 atom stereocenters. The first kappa shape index (κ1) is 18.0. The summed E-state index contributed by atoms with van der Waals surface area (Å²) in [4.78, 5) is 12.1. The maximum atomic E-state index is 12.1. The molecule has 0 saturated heterocycles. The maximum Gasteiger partial charge on any atom is 0.251 e. The predicted octanol–water partition coefficient (Wildman–Crippen LogP) is 2.43. The van der Waals surface area contributed by atoms with Crippen LogP contribution in [0.25, 0.3) is 0 Å². The zero-order valence-electron chi connectivity index (χ0n) is 13.6. The highest BCUT2D eigenvalue weighted by Gasteiger charge is 2.09. The summed E-state index contributed by atoms with van der Waals surface area (Å²) in [6.45, 7) is 1.00. The minimum atomic E-state index is -3.12. The molecule has 0 radical (unpaired) electrons. The third kappa shape index (κ3) is 6.42. The molecule has 2 rings (SSSR count). The number of sulfone groups is 1. The van der Waals surface area contributed by atoms with Gasteiger partial charge in [0.25, 0.3) is 5.91 Å². The number of amides is 1. The molecule has 0 spiro atoms. The molecule has 0 aliphatic carbocycles. The van der Waals surface area contributed by atoms with Crippen LogP contribution in [0.3, 0.4) is 0 Å². The van der Waals surface area contributed by atoms with Crippen molar-refractivity contribution in [1.82, 2.24) is 5.32 Å². The van der Waals surface area contributed by atoms with Crippen molar-refractivity contribution in [2.45, 2.75) is 12.2 Å². The molecule has 0 fully saturated rings. The molecule has 0 bridgehead atoms. The van der Waals surface area contributed by atoms with Crippen LogP contribution in [-0.2, 0) is 15.6 Å². The Morgan fingerprint density at radius 2 is 1.83 bits per heavy atom. The van der Waals surface area contributed by atoms with Gasteiger partial charge in [0, 0.05) is 18.4 Å². The molecule has 0 aliphatic rings. The Kier molecular flexibility index (Phi) is 6.37. The van der Waals surface area contributed by atoms with Crippen LogP contribution < -0.4 is 10.1 Å². The summed E-state index contributed by atoms with van der Waals surface area (Å²) in [6, 6.07) is 16.2. The van der Waals surface area contributed by atoms with Gasteiger partial charge in [-0.05, 0) is 36.2 Å². The number of rotatable bonds is 8. The van der Waals surface area contributed by atoms with Gasteiger partial charge in [-0.15, -0.1) is 0 Å². The van der Waals surface area contributed by atoms with Gasteiger partial charge < -0.3 is 10.1 Å². The van der Waals surface area contributed by atoms with Crippen LogP contribution in [0.4, 0.5) is 0 Å². The van der Waals surface area contributed by atoms with E-state index in [4.69, 9.17) is 4.74 Å². The monoisotopic (exact) mass is 347 g/mol. The number of ether oxygens (including phenoxy) is 1. The van der Waals surface area contributed by atoms with E-state index in [0.717, 1.165) is 5.75 Å². The standard InChI is InChI=1S/C18H21NO4S/c1-24(21,22)14-15-7-5-8-16(13-15)18(20)19-11-6-12-23-17-9-3-2-4-10-17/h2-5,7-10,13H,6,11-12,14H2,1H3,(H,19,20).